The lowest BCUT2D eigenvalue weighted by Gasteiger charge is -2.32. The number of aliphatic hydroxyl groups excluding tert-OH is 1. The van der Waals surface area contributed by atoms with Crippen molar-refractivity contribution in [1.82, 2.24) is 24.5 Å². The van der Waals surface area contributed by atoms with Crippen LogP contribution in [0.15, 0.2) is 34.7 Å². The minimum absolute atomic E-state index is 0.179. The normalized spacial score (nSPS) is 20.1. The summed E-state index contributed by atoms with van der Waals surface area (Å²) in [6, 6.07) is 7.08. The number of hydrogen-bond acceptors (Lipinski definition) is 9. The van der Waals surface area contributed by atoms with Crippen molar-refractivity contribution in [3.05, 3.63) is 30.5 Å². The van der Waals surface area contributed by atoms with Gasteiger partial charge in [0.15, 0.2) is 11.6 Å². The smallest absolute Gasteiger partial charge is 0.252 e. The zero-order chi connectivity index (χ0) is 24.0. The predicted molar refractivity (Wildman–Crippen MR) is 134 cm³/mol. The van der Waals surface area contributed by atoms with Gasteiger partial charge in [-0.05, 0) is 25.0 Å². The first-order valence-corrected chi connectivity index (χ1v) is 14.0. The summed E-state index contributed by atoms with van der Waals surface area (Å²) >= 11 is 1.20. The number of anilines is 1. The van der Waals surface area contributed by atoms with Crippen molar-refractivity contribution in [2.45, 2.75) is 29.5 Å². The highest BCUT2D eigenvalue weighted by Gasteiger charge is 2.35. The highest BCUT2D eigenvalue weighted by Crippen LogP contribution is 2.39. The molecule has 35 heavy (non-hydrogen) atoms. The summed E-state index contributed by atoms with van der Waals surface area (Å²) in [6.45, 7) is 2.74. The highest BCUT2D eigenvalue weighted by atomic mass is 32.2. The van der Waals surface area contributed by atoms with E-state index in [1.165, 1.54) is 15.6 Å². The number of sulfonamides is 1. The summed E-state index contributed by atoms with van der Waals surface area (Å²) in [6.07, 6.45) is 4.12. The maximum Gasteiger partial charge on any atom is 0.252 e. The van der Waals surface area contributed by atoms with Crippen molar-refractivity contribution < 1.29 is 18.3 Å². The average molecular weight is 515 g/mol. The largest absolute Gasteiger partial charge is 0.395 e. The third-order valence-corrected chi connectivity index (χ3v) is 10.2. The van der Waals surface area contributed by atoms with Gasteiger partial charge in [-0.2, -0.15) is 9.40 Å². The zero-order valence-corrected chi connectivity index (χ0v) is 20.7. The molecule has 2 aliphatic heterocycles. The summed E-state index contributed by atoms with van der Waals surface area (Å²) in [4.78, 5) is 11.9. The van der Waals surface area contributed by atoms with Crippen LogP contribution in [0.1, 0.15) is 19.3 Å². The van der Waals surface area contributed by atoms with E-state index in [-0.39, 0.29) is 10.8 Å². The van der Waals surface area contributed by atoms with Gasteiger partial charge in [0, 0.05) is 36.6 Å². The number of thiophene rings is 1. The topological polar surface area (TPSA) is 125 Å². The van der Waals surface area contributed by atoms with Gasteiger partial charge in [-0.25, -0.2) is 18.4 Å². The maximum atomic E-state index is 13.6. The summed E-state index contributed by atoms with van der Waals surface area (Å²) in [5, 5.41) is 17.8. The number of piperidine rings is 1. The van der Waals surface area contributed by atoms with Gasteiger partial charge >= 0.3 is 0 Å². The molecule has 1 unspecified atom stereocenters. The van der Waals surface area contributed by atoms with Crippen LogP contribution < -0.4 is 4.90 Å². The van der Waals surface area contributed by atoms with E-state index in [2.05, 4.69) is 15.1 Å². The second kappa shape index (κ2) is 9.10. The number of ether oxygens (including phenoxy) is 1. The van der Waals surface area contributed by atoms with E-state index in [9.17, 15) is 13.5 Å². The number of nitrogens with one attached hydrogen (secondary N) is 1. The number of nitrogens with zero attached hydrogens (tertiary/aromatic N) is 5. The van der Waals surface area contributed by atoms with E-state index < -0.39 is 16.1 Å². The second-order valence-electron chi connectivity index (χ2n) is 8.83. The fourth-order valence-electron chi connectivity index (χ4n) is 4.88. The molecule has 0 saturated carbocycles. The SMILES string of the molecule is O=S(=O)(c1cc2nc(-c3cccc4[nH]ncc34)nc(N3CCOCC3)c2s1)N1CCCCC1CO. The summed E-state index contributed by atoms with van der Waals surface area (Å²) < 4.78 is 35.2. The van der Waals surface area contributed by atoms with Gasteiger partial charge in [0.05, 0.1) is 41.8 Å². The summed E-state index contributed by atoms with van der Waals surface area (Å²) in [5.41, 5.74) is 2.31. The Labute approximate surface area is 206 Å². The Balaban J connectivity index is 1.51. The molecular weight excluding hydrogens is 488 g/mol. The number of aromatic nitrogens is 4. The number of aromatic amines is 1. The maximum absolute atomic E-state index is 13.6. The number of morpholine rings is 1. The van der Waals surface area contributed by atoms with Gasteiger partial charge in [0.25, 0.3) is 10.0 Å². The monoisotopic (exact) mass is 514 g/mol. The molecule has 0 aliphatic carbocycles. The van der Waals surface area contributed by atoms with E-state index in [0.29, 0.717) is 50.6 Å². The number of benzene rings is 1. The van der Waals surface area contributed by atoms with Crippen LogP contribution in [0.3, 0.4) is 0 Å². The molecule has 0 spiro atoms. The van der Waals surface area contributed by atoms with Crippen LogP contribution in [0.5, 0.6) is 0 Å². The van der Waals surface area contributed by atoms with Gasteiger partial charge < -0.3 is 14.7 Å². The van der Waals surface area contributed by atoms with E-state index >= 15 is 0 Å². The molecule has 5 heterocycles. The van der Waals surface area contributed by atoms with Crippen LogP contribution in [0.2, 0.25) is 0 Å². The first kappa shape index (κ1) is 22.8. The van der Waals surface area contributed by atoms with Crippen molar-refractivity contribution in [2.24, 2.45) is 0 Å². The van der Waals surface area contributed by atoms with Crippen LogP contribution in [-0.4, -0.2) is 83.5 Å². The number of aliphatic hydroxyl groups is 1. The average Bonchev–Trinajstić information content (AvgIpc) is 3.56. The number of rotatable bonds is 5. The van der Waals surface area contributed by atoms with Crippen molar-refractivity contribution >= 4 is 48.3 Å². The van der Waals surface area contributed by atoms with Gasteiger partial charge in [-0.3, -0.25) is 5.10 Å². The summed E-state index contributed by atoms with van der Waals surface area (Å²) in [7, 11) is -3.77. The standard InChI is InChI=1S/C23H26N6O4S2/c30-14-15-4-1-2-7-29(15)35(31,32)20-12-19-21(34-20)23(28-8-10-33-11-9-28)26-22(25-19)16-5-3-6-18-17(16)13-24-27-18/h3,5-6,12-13,15,30H,1-2,4,7-11,14H2,(H,24,27). The predicted octanol–water partition coefficient (Wildman–Crippen LogP) is 2.61. The first-order valence-electron chi connectivity index (χ1n) is 11.8. The molecule has 0 bridgehead atoms. The van der Waals surface area contributed by atoms with Gasteiger partial charge in [0.2, 0.25) is 0 Å². The Morgan fingerprint density at radius 1 is 1.17 bits per heavy atom. The Morgan fingerprint density at radius 2 is 2.03 bits per heavy atom. The van der Waals surface area contributed by atoms with E-state index in [4.69, 9.17) is 14.7 Å². The van der Waals surface area contributed by atoms with Gasteiger partial charge in [-0.15, -0.1) is 11.3 Å². The molecule has 10 nitrogen and oxygen atoms in total. The quantitative estimate of drug-likeness (QED) is 0.416. The fourth-order valence-corrected chi connectivity index (χ4v) is 8.11. The molecule has 0 amide bonds. The molecule has 6 rings (SSSR count). The minimum Gasteiger partial charge on any atom is -0.395 e. The molecule has 12 heteroatoms. The highest BCUT2D eigenvalue weighted by molar-refractivity contribution is 7.91. The van der Waals surface area contributed by atoms with Gasteiger partial charge in [-0.1, -0.05) is 18.6 Å². The van der Waals surface area contributed by atoms with Crippen LogP contribution in [-0.2, 0) is 14.8 Å². The molecule has 2 aliphatic rings. The molecule has 3 aromatic heterocycles. The van der Waals surface area contributed by atoms with Crippen molar-refractivity contribution in [3.63, 3.8) is 0 Å². The van der Waals surface area contributed by atoms with Gasteiger partial charge in [0.1, 0.15) is 4.21 Å². The molecule has 2 N–H and O–H groups in total. The van der Waals surface area contributed by atoms with E-state index in [1.54, 1.807) is 12.3 Å². The lowest BCUT2D eigenvalue weighted by atomic mass is 10.1. The molecule has 2 saturated heterocycles. The molecule has 0 radical (unpaired) electrons. The number of fused-ring (bicyclic) bond motifs is 2. The lowest BCUT2D eigenvalue weighted by molar-refractivity contribution is 0.122. The summed E-state index contributed by atoms with van der Waals surface area (Å²) in [5.74, 6) is 1.25. The van der Waals surface area contributed by atoms with E-state index in [1.807, 2.05) is 18.2 Å². The lowest BCUT2D eigenvalue weighted by Crippen LogP contribution is -2.45. The molecule has 184 valence electrons. The third-order valence-electron chi connectivity index (χ3n) is 6.71. The van der Waals surface area contributed by atoms with E-state index in [0.717, 1.165) is 39.8 Å². The van der Waals surface area contributed by atoms with Crippen molar-refractivity contribution in [1.29, 1.82) is 0 Å². The Hall–Kier alpha value is -2.64. The molecule has 1 atom stereocenters. The van der Waals surface area contributed by atoms with Crippen molar-refractivity contribution in [3.8, 4) is 11.4 Å². The zero-order valence-electron chi connectivity index (χ0n) is 19.1. The molecule has 1 aromatic carbocycles. The van der Waals surface area contributed by atoms with Crippen LogP contribution >= 0.6 is 11.3 Å². The molecule has 2 fully saturated rings. The van der Waals surface area contributed by atoms with Crippen LogP contribution in [0.4, 0.5) is 5.82 Å². The first-order chi connectivity index (χ1) is 17.1. The Morgan fingerprint density at radius 3 is 2.86 bits per heavy atom. The van der Waals surface area contributed by atoms with Crippen LogP contribution in [0, 0.1) is 0 Å². The van der Waals surface area contributed by atoms with Crippen molar-refractivity contribution in [2.75, 3.05) is 44.4 Å². The van der Waals surface area contributed by atoms with Crippen LogP contribution in [0.25, 0.3) is 32.5 Å². The minimum atomic E-state index is -3.77. The molecule has 4 aromatic rings. The second-order valence-corrected chi connectivity index (χ2v) is 12.0. The Kier molecular flexibility index (Phi) is 5.93. The molecular formula is C23H26N6O4S2. The third kappa shape index (κ3) is 3.99. The fraction of sp³-hybridized carbons (Fsp3) is 0.435. The number of H-pyrrole nitrogens is 1. The Bertz CT molecular complexity index is 1480. The number of hydrogen-bond donors (Lipinski definition) is 2.